The van der Waals surface area contributed by atoms with E-state index in [4.69, 9.17) is 15.2 Å². The van der Waals surface area contributed by atoms with Crippen molar-refractivity contribution in [3.05, 3.63) is 59.0 Å². The number of H-pyrrole nitrogens is 1. The molecule has 3 N–H and O–H groups in total. The largest absolute Gasteiger partial charge is 0.493 e. The van der Waals surface area contributed by atoms with Crippen molar-refractivity contribution in [3.63, 3.8) is 0 Å². The van der Waals surface area contributed by atoms with Crippen LogP contribution in [0.2, 0.25) is 0 Å². The summed E-state index contributed by atoms with van der Waals surface area (Å²) < 4.78 is 63.6. The number of halogens is 4. The highest BCUT2D eigenvalue weighted by Gasteiger charge is 2.32. The van der Waals surface area contributed by atoms with Crippen molar-refractivity contribution in [2.45, 2.75) is 44.3 Å². The molecule has 0 saturated carbocycles. The maximum Gasteiger partial charge on any atom is 0.389 e. The lowest BCUT2D eigenvalue weighted by Crippen LogP contribution is -2.45. The van der Waals surface area contributed by atoms with Crippen molar-refractivity contribution in [2.24, 2.45) is 5.73 Å². The minimum atomic E-state index is -4.23. The van der Waals surface area contributed by atoms with Gasteiger partial charge in [-0.05, 0) is 74.7 Å². The highest BCUT2D eigenvalue weighted by molar-refractivity contribution is 5.95. The van der Waals surface area contributed by atoms with Gasteiger partial charge >= 0.3 is 6.18 Å². The lowest BCUT2D eigenvalue weighted by molar-refractivity contribution is -0.136. The van der Waals surface area contributed by atoms with Crippen molar-refractivity contribution < 1.29 is 31.8 Å². The second-order valence-electron chi connectivity index (χ2n) is 9.02. The van der Waals surface area contributed by atoms with Gasteiger partial charge in [0.1, 0.15) is 12.4 Å². The normalized spacial score (nSPS) is 15.7. The SMILES string of the molecule is COc1ccc(C(N)=O)c2c1OC[C@H](N(CCCc1c[nH]c3ccc(F)cc13)CCCC(F)(F)F)C2. The number of benzene rings is 2. The lowest BCUT2D eigenvalue weighted by Gasteiger charge is -2.36. The summed E-state index contributed by atoms with van der Waals surface area (Å²) in [5, 5.41) is 0.798. The van der Waals surface area contributed by atoms with E-state index in [2.05, 4.69) is 4.98 Å². The number of nitrogens with one attached hydrogen (secondary N) is 1. The van der Waals surface area contributed by atoms with Crippen LogP contribution in [0, 0.1) is 5.82 Å². The Bertz CT molecular complexity index is 1230. The Hall–Kier alpha value is -3.27. The Kier molecular flexibility index (Phi) is 7.73. The Morgan fingerprint density at radius 1 is 1.22 bits per heavy atom. The first kappa shape index (κ1) is 25.8. The molecule has 0 aliphatic carbocycles. The van der Waals surface area contributed by atoms with Crippen LogP contribution < -0.4 is 15.2 Å². The summed E-state index contributed by atoms with van der Waals surface area (Å²) in [7, 11) is 1.50. The molecule has 6 nitrogen and oxygen atoms in total. The number of aryl methyl sites for hydroxylation is 1. The van der Waals surface area contributed by atoms with Gasteiger partial charge in [0, 0.05) is 40.7 Å². The molecule has 194 valence electrons. The molecule has 10 heteroatoms. The number of rotatable bonds is 10. The number of hydrogen-bond donors (Lipinski definition) is 2. The van der Waals surface area contributed by atoms with Crippen molar-refractivity contribution >= 4 is 16.8 Å². The number of hydrogen-bond acceptors (Lipinski definition) is 4. The van der Waals surface area contributed by atoms with Crippen molar-refractivity contribution in [1.29, 1.82) is 0 Å². The summed E-state index contributed by atoms with van der Waals surface area (Å²) in [4.78, 5) is 17.1. The van der Waals surface area contributed by atoms with Gasteiger partial charge in [0.05, 0.1) is 7.11 Å². The van der Waals surface area contributed by atoms with E-state index in [1.165, 1.54) is 19.2 Å². The van der Waals surface area contributed by atoms with Gasteiger partial charge in [-0.3, -0.25) is 9.69 Å². The fourth-order valence-electron chi connectivity index (χ4n) is 4.86. The molecule has 2 aromatic carbocycles. The van der Waals surface area contributed by atoms with Crippen molar-refractivity contribution in [3.8, 4) is 11.5 Å². The van der Waals surface area contributed by atoms with E-state index < -0.39 is 18.5 Å². The number of nitrogens with zero attached hydrogens (tertiary/aromatic N) is 1. The average molecular weight is 508 g/mol. The molecule has 0 bridgehead atoms. The van der Waals surface area contributed by atoms with Gasteiger partial charge in [0.2, 0.25) is 5.91 Å². The van der Waals surface area contributed by atoms with E-state index >= 15 is 0 Å². The van der Waals surface area contributed by atoms with Crippen LogP contribution in [0.15, 0.2) is 36.5 Å². The number of amides is 1. The predicted octanol–water partition coefficient (Wildman–Crippen LogP) is 5.00. The number of aromatic nitrogens is 1. The molecular weight excluding hydrogens is 478 g/mol. The van der Waals surface area contributed by atoms with Crippen LogP contribution >= 0.6 is 0 Å². The number of fused-ring (bicyclic) bond motifs is 2. The van der Waals surface area contributed by atoms with Gasteiger partial charge in [-0.25, -0.2) is 4.39 Å². The molecule has 4 rings (SSSR count). The second-order valence-corrected chi connectivity index (χ2v) is 9.02. The first-order valence-electron chi connectivity index (χ1n) is 11.8. The molecule has 1 aromatic heterocycles. The third kappa shape index (κ3) is 5.92. The minimum Gasteiger partial charge on any atom is -0.493 e. The molecule has 1 amide bonds. The predicted molar refractivity (Wildman–Crippen MR) is 128 cm³/mol. The standard InChI is InChI=1S/C26H29F4N3O3/c1-35-23-8-6-19(25(31)34)21-13-18(15-36-24(21)23)33(11-3-9-26(28,29)30)10-2-4-16-14-32-22-7-5-17(27)12-20(16)22/h5-8,12,14,18,32H,2-4,9-11,13,15H2,1H3,(H2,31,34)/t18-/m1/s1. The number of alkyl halides is 3. The van der Waals surface area contributed by atoms with Crippen LogP contribution in [0.1, 0.15) is 40.7 Å². The van der Waals surface area contributed by atoms with Crippen LogP contribution in [-0.4, -0.2) is 54.8 Å². The van der Waals surface area contributed by atoms with E-state index in [0.717, 1.165) is 16.5 Å². The summed E-state index contributed by atoms with van der Waals surface area (Å²) in [5.41, 5.74) is 8.26. The quantitative estimate of drug-likeness (QED) is 0.379. The Morgan fingerprint density at radius 3 is 2.72 bits per heavy atom. The van der Waals surface area contributed by atoms with Gasteiger partial charge in [0.15, 0.2) is 11.5 Å². The second kappa shape index (κ2) is 10.8. The molecule has 0 saturated heterocycles. The van der Waals surface area contributed by atoms with Gasteiger partial charge in [0.25, 0.3) is 0 Å². The first-order chi connectivity index (χ1) is 17.2. The molecule has 1 aliphatic heterocycles. The Balaban J connectivity index is 1.50. The maximum atomic E-state index is 13.7. The van der Waals surface area contributed by atoms with Crippen LogP contribution in [0.25, 0.3) is 10.9 Å². The monoisotopic (exact) mass is 507 g/mol. The van der Waals surface area contributed by atoms with Crippen molar-refractivity contribution in [1.82, 2.24) is 9.88 Å². The minimum absolute atomic E-state index is 0.0497. The zero-order chi connectivity index (χ0) is 25.9. The van der Waals surface area contributed by atoms with E-state index in [1.54, 1.807) is 18.2 Å². The van der Waals surface area contributed by atoms with E-state index in [-0.39, 0.29) is 31.4 Å². The van der Waals surface area contributed by atoms with Crippen LogP contribution in [0.4, 0.5) is 17.6 Å². The number of carbonyl (C=O) groups is 1. The zero-order valence-electron chi connectivity index (χ0n) is 20.0. The fourth-order valence-corrected chi connectivity index (χ4v) is 4.86. The summed E-state index contributed by atoms with van der Waals surface area (Å²) in [5.74, 6) is -0.00563. The topological polar surface area (TPSA) is 80.6 Å². The van der Waals surface area contributed by atoms with E-state index in [0.29, 0.717) is 48.4 Å². The Labute approximate surface area is 206 Å². The smallest absolute Gasteiger partial charge is 0.389 e. The molecule has 0 fully saturated rings. The molecule has 36 heavy (non-hydrogen) atoms. The van der Waals surface area contributed by atoms with Gasteiger partial charge in [-0.1, -0.05) is 0 Å². The highest BCUT2D eigenvalue weighted by Crippen LogP contribution is 2.38. The maximum absolute atomic E-state index is 13.7. The van der Waals surface area contributed by atoms with Gasteiger partial charge in [-0.15, -0.1) is 0 Å². The number of ether oxygens (including phenoxy) is 2. The molecule has 2 heterocycles. The third-order valence-electron chi connectivity index (χ3n) is 6.61. The number of aromatic amines is 1. The molecular formula is C26H29F4N3O3. The lowest BCUT2D eigenvalue weighted by atomic mass is 9.95. The summed E-state index contributed by atoms with van der Waals surface area (Å²) >= 11 is 0. The molecule has 0 radical (unpaired) electrons. The number of methoxy groups -OCH3 is 1. The molecule has 3 aromatic rings. The highest BCUT2D eigenvalue weighted by atomic mass is 19.4. The van der Waals surface area contributed by atoms with Crippen molar-refractivity contribution in [2.75, 3.05) is 26.8 Å². The van der Waals surface area contributed by atoms with Gasteiger partial charge < -0.3 is 20.2 Å². The molecule has 0 unspecified atom stereocenters. The zero-order valence-corrected chi connectivity index (χ0v) is 20.0. The van der Waals surface area contributed by atoms with Crippen LogP contribution in [0.3, 0.4) is 0 Å². The summed E-state index contributed by atoms with van der Waals surface area (Å²) in [6.07, 6.45) is -1.65. The number of nitrogens with two attached hydrogens (primary N) is 1. The van der Waals surface area contributed by atoms with E-state index in [9.17, 15) is 22.4 Å². The average Bonchev–Trinajstić information content (AvgIpc) is 3.23. The third-order valence-corrected chi connectivity index (χ3v) is 6.61. The number of primary amides is 1. The fraction of sp³-hybridized carbons (Fsp3) is 0.423. The summed E-state index contributed by atoms with van der Waals surface area (Å²) in [6.45, 7) is 0.982. The molecule has 1 atom stereocenters. The summed E-state index contributed by atoms with van der Waals surface area (Å²) in [6, 6.07) is 7.50. The van der Waals surface area contributed by atoms with Gasteiger partial charge in [-0.2, -0.15) is 13.2 Å². The van der Waals surface area contributed by atoms with Crippen LogP contribution in [-0.2, 0) is 12.8 Å². The molecule has 1 aliphatic rings. The number of carbonyl (C=O) groups excluding carboxylic acids is 1. The van der Waals surface area contributed by atoms with Crippen LogP contribution in [0.5, 0.6) is 11.5 Å². The Morgan fingerprint density at radius 2 is 2.00 bits per heavy atom. The van der Waals surface area contributed by atoms with E-state index in [1.807, 2.05) is 11.1 Å². The first-order valence-corrected chi connectivity index (χ1v) is 11.8. The molecule has 0 spiro atoms.